The molecule has 2 N–H and O–H groups in total. The molecule has 0 radical (unpaired) electrons. The molecule has 1 fully saturated rings. The van der Waals surface area contributed by atoms with Crippen LogP contribution in [0.1, 0.15) is 31.4 Å². The molecule has 0 aliphatic carbocycles. The SMILES string of the molecule is C[C@H]1C[C@@H](C(=O)NC(c2ccccc2OC(F)F)C(F)(F)F)CCN1.Cl. The summed E-state index contributed by atoms with van der Waals surface area (Å²) in [6.45, 7) is -0.899. The van der Waals surface area contributed by atoms with E-state index in [2.05, 4.69) is 10.1 Å². The maximum absolute atomic E-state index is 13.5. The van der Waals surface area contributed by atoms with E-state index in [-0.39, 0.29) is 18.4 Å². The van der Waals surface area contributed by atoms with Gasteiger partial charge < -0.3 is 15.4 Å². The first-order chi connectivity index (χ1) is 11.7. The number of piperidine rings is 1. The zero-order valence-corrected chi connectivity index (χ0v) is 14.7. The Labute approximate surface area is 153 Å². The number of carbonyl (C=O) groups is 1. The van der Waals surface area contributed by atoms with Gasteiger partial charge in [0.05, 0.1) is 0 Å². The molecule has 148 valence electrons. The standard InChI is InChI=1S/C16H19F5N2O2.ClH/c1-9-8-10(6-7-22-9)14(24)23-13(16(19,20)21)11-4-2-3-5-12(11)25-15(17)18;/h2-5,9-10,13,15,22H,6-8H2,1H3,(H,23,24);1H/t9-,10-,13?;/m0./s1. The van der Waals surface area contributed by atoms with Gasteiger partial charge in [-0.25, -0.2) is 0 Å². The fourth-order valence-corrected chi connectivity index (χ4v) is 2.89. The van der Waals surface area contributed by atoms with Crippen molar-refractivity contribution in [1.29, 1.82) is 0 Å². The molecule has 1 heterocycles. The monoisotopic (exact) mass is 402 g/mol. The van der Waals surface area contributed by atoms with Crippen molar-refractivity contribution in [3.63, 3.8) is 0 Å². The Balaban J connectivity index is 0.00000338. The smallest absolute Gasteiger partial charge is 0.413 e. The Hall–Kier alpha value is -1.61. The summed E-state index contributed by atoms with van der Waals surface area (Å²) in [5, 5.41) is 5.07. The Morgan fingerprint density at radius 2 is 1.96 bits per heavy atom. The van der Waals surface area contributed by atoms with Crippen LogP contribution in [-0.2, 0) is 4.79 Å². The lowest BCUT2D eigenvalue weighted by atomic mass is 9.92. The van der Waals surface area contributed by atoms with Crippen molar-refractivity contribution in [3.8, 4) is 5.75 Å². The minimum atomic E-state index is -4.85. The summed E-state index contributed by atoms with van der Waals surface area (Å²) < 4.78 is 69.5. The number of amides is 1. The number of benzene rings is 1. The molecule has 1 aromatic rings. The predicted octanol–water partition coefficient (Wildman–Crippen LogP) is 3.82. The fraction of sp³-hybridized carbons (Fsp3) is 0.562. The van der Waals surface area contributed by atoms with Crippen LogP contribution in [-0.4, -0.2) is 31.3 Å². The highest BCUT2D eigenvalue weighted by atomic mass is 35.5. The summed E-state index contributed by atoms with van der Waals surface area (Å²) in [6, 6.07) is 2.18. The van der Waals surface area contributed by atoms with Crippen LogP contribution in [0.5, 0.6) is 5.75 Å². The van der Waals surface area contributed by atoms with Crippen LogP contribution in [0.3, 0.4) is 0 Å². The number of hydrogen-bond donors (Lipinski definition) is 2. The van der Waals surface area contributed by atoms with Crippen LogP contribution in [0.15, 0.2) is 24.3 Å². The molecule has 26 heavy (non-hydrogen) atoms. The molecule has 1 saturated heterocycles. The van der Waals surface area contributed by atoms with Crippen molar-refractivity contribution in [2.24, 2.45) is 5.92 Å². The van der Waals surface area contributed by atoms with Crippen molar-refractivity contribution in [3.05, 3.63) is 29.8 Å². The third kappa shape index (κ3) is 5.98. The predicted molar refractivity (Wildman–Crippen MR) is 87.4 cm³/mol. The quantitative estimate of drug-likeness (QED) is 0.736. The largest absolute Gasteiger partial charge is 0.434 e. The third-order valence-corrected chi connectivity index (χ3v) is 4.05. The second-order valence-corrected chi connectivity index (χ2v) is 5.98. The lowest BCUT2D eigenvalue weighted by Gasteiger charge is -2.30. The number of rotatable bonds is 5. The summed E-state index contributed by atoms with van der Waals surface area (Å²) in [6.07, 6.45) is -4.03. The van der Waals surface area contributed by atoms with Crippen molar-refractivity contribution in [2.45, 2.75) is 44.6 Å². The minimum absolute atomic E-state index is 0. The molecule has 2 rings (SSSR count). The van der Waals surface area contributed by atoms with Gasteiger partial charge in [-0.2, -0.15) is 22.0 Å². The molecule has 1 unspecified atom stereocenters. The van der Waals surface area contributed by atoms with Gasteiger partial charge in [0.2, 0.25) is 5.91 Å². The first-order valence-electron chi connectivity index (χ1n) is 7.82. The number of alkyl halides is 5. The molecule has 0 aromatic heterocycles. The van der Waals surface area contributed by atoms with Crippen molar-refractivity contribution >= 4 is 18.3 Å². The normalized spacial score (nSPS) is 21.7. The molecule has 1 aliphatic rings. The number of nitrogens with one attached hydrogen (secondary N) is 2. The third-order valence-electron chi connectivity index (χ3n) is 4.05. The van der Waals surface area contributed by atoms with Gasteiger partial charge in [0.25, 0.3) is 0 Å². The van der Waals surface area contributed by atoms with Crippen LogP contribution in [0.25, 0.3) is 0 Å². The van der Waals surface area contributed by atoms with Gasteiger partial charge in [-0.3, -0.25) is 4.79 Å². The molecule has 0 spiro atoms. The van der Waals surface area contributed by atoms with E-state index in [1.54, 1.807) is 0 Å². The Morgan fingerprint density at radius 3 is 2.54 bits per heavy atom. The Morgan fingerprint density at radius 1 is 1.31 bits per heavy atom. The maximum Gasteiger partial charge on any atom is 0.413 e. The first-order valence-corrected chi connectivity index (χ1v) is 7.82. The second kappa shape index (κ2) is 9.36. The van der Waals surface area contributed by atoms with Gasteiger partial charge in [-0.05, 0) is 32.4 Å². The van der Waals surface area contributed by atoms with Crippen molar-refractivity contribution in [2.75, 3.05) is 6.54 Å². The summed E-state index contributed by atoms with van der Waals surface area (Å²) in [5.74, 6) is -1.93. The molecule has 1 aromatic carbocycles. The highest BCUT2D eigenvalue weighted by molar-refractivity contribution is 5.85. The van der Waals surface area contributed by atoms with Crippen LogP contribution in [0, 0.1) is 5.92 Å². The lowest BCUT2D eigenvalue weighted by molar-refractivity contribution is -0.165. The van der Waals surface area contributed by atoms with Gasteiger partial charge in [-0.1, -0.05) is 18.2 Å². The van der Waals surface area contributed by atoms with Gasteiger partial charge >= 0.3 is 12.8 Å². The average molecular weight is 403 g/mol. The first kappa shape index (κ1) is 22.4. The zero-order chi connectivity index (χ0) is 18.6. The maximum atomic E-state index is 13.5. The van der Waals surface area contributed by atoms with E-state index in [1.165, 1.54) is 12.1 Å². The van der Waals surface area contributed by atoms with Crippen molar-refractivity contribution in [1.82, 2.24) is 10.6 Å². The van der Waals surface area contributed by atoms with Gasteiger partial charge in [0, 0.05) is 17.5 Å². The van der Waals surface area contributed by atoms with Crippen LogP contribution >= 0.6 is 12.4 Å². The zero-order valence-electron chi connectivity index (χ0n) is 13.9. The van der Waals surface area contributed by atoms with Crippen LogP contribution in [0.4, 0.5) is 22.0 Å². The van der Waals surface area contributed by atoms with E-state index in [9.17, 15) is 26.7 Å². The number of halogens is 6. The summed E-state index contributed by atoms with van der Waals surface area (Å²) in [5.41, 5.74) is -0.550. The summed E-state index contributed by atoms with van der Waals surface area (Å²) in [7, 11) is 0. The van der Waals surface area contributed by atoms with E-state index < -0.39 is 42.0 Å². The van der Waals surface area contributed by atoms with Gasteiger partial charge in [0.1, 0.15) is 5.75 Å². The fourth-order valence-electron chi connectivity index (χ4n) is 2.89. The van der Waals surface area contributed by atoms with E-state index in [4.69, 9.17) is 0 Å². The van der Waals surface area contributed by atoms with Gasteiger partial charge in [0.15, 0.2) is 6.04 Å². The van der Waals surface area contributed by atoms with E-state index in [0.717, 1.165) is 12.1 Å². The lowest BCUT2D eigenvalue weighted by Crippen LogP contribution is -2.46. The Bertz CT molecular complexity index is 600. The van der Waals surface area contributed by atoms with Crippen LogP contribution in [0.2, 0.25) is 0 Å². The molecular formula is C16H20ClF5N2O2. The molecule has 0 bridgehead atoms. The molecular weight excluding hydrogens is 383 g/mol. The number of ether oxygens (including phenoxy) is 1. The topological polar surface area (TPSA) is 50.4 Å². The highest BCUT2D eigenvalue weighted by Gasteiger charge is 2.44. The highest BCUT2D eigenvalue weighted by Crippen LogP contribution is 2.38. The summed E-state index contributed by atoms with van der Waals surface area (Å²) in [4.78, 5) is 12.3. The minimum Gasteiger partial charge on any atom is -0.434 e. The summed E-state index contributed by atoms with van der Waals surface area (Å²) >= 11 is 0. The Kier molecular flexibility index (Phi) is 8.08. The van der Waals surface area contributed by atoms with Crippen molar-refractivity contribution < 1.29 is 31.5 Å². The number of para-hydroxylation sites is 1. The van der Waals surface area contributed by atoms with E-state index >= 15 is 0 Å². The average Bonchev–Trinajstić information content (AvgIpc) is 2.51. The van der Waals surface area contributed by atoms with E-state index in [1.807, 2.05) is 12.2 Å². The molecule has 0 saturated carbocycles. The number of carbonyl (C=O) groups excluding carboxylic acids is 1. The number of hydrogen-bond acceptors (Lipinski definition) is 3. The van der Waals surface area contributed by atoms with E-state index in [0.29, 0.717) is 19.4 Å². The van der Waals surface area contributed by atoms with Gasteiger partial charge in [-0.15, -0.1) is 12.4 Å². The molecule has 1 aliphatic heterocycles. The second-order valence-electron chi connectivity index (χ2n) is 5.98. The van der Waals surface area contributed by atoms with Crippen LogP contribution < -0.4 is 15.4 Å². The molecule has 10 heteroatoms. The molecule has 3 atom stereocenters. The molecule has 4 nitrogen and oxygen atoms in total. The molecule has 1 amide bonds.